The molecule has 0 bridgehead atoms. The number of phenols is 1. The van der Waals surface area contributed by atoms with Gasteiger partial charge in [0.1, 0.15) is 41.4 Å². The van der Waals surface area contributed by atoms with Crippen molar-refractivity contribution in [2.75, 3.05) is 38.1 Å². The topological polar surface area (TPSA) is 192 Å². The molecule has 1 saturated carbocycles. The van der Waals surface area contributed by atoms with Crippen molar-refractivity contribution in [3.8, 4) is 11.5 Å². The first-order valence-corrected chi connectivity index (χ1v) is 19.9. The minimum atomic E-state index is -1.70. The van der Waals surface area contributed by atoms with Crippen molar-refractivity contribution in [1.82, 2.24) is 0 Å². The smallest absolute Gasteiger partial charge is 0.335 e. The fraction of sp³-hybridized carbons (Fsp3) is 0.667. The van der Waals surface area contributed by atoms with Crippen LogP contribution in [-0.2, 0) is 14.2 Å². The van der Waals surface area contributed by atoms with Gasteiger partial charge in [0.15, 0.2) is 5.78 Å². The Morgan fingerprint density at radius 2 is 1.86 bits per heavy atom. The van der Waals surface area contributed by atoms with Crippen LogP contribution >= 0.6 is 21.6 Å². The molecule has 4 aliphatic rings. The van der Waals surface area contributed by atoms with Crippen LogP contribution in [0.25, 0.3) is 10.8 Å². The van der Waals surface area contributed by atoms with Crippen LogP contribution in [0.4, 0.5) is 0 Å². The van der Waals surface area contributed by atoms with Crippen LogP contribution in [0.5, 0.6) is 11.5 Å². The molecule has 6 N–H and O–H groups in total. The predicted molar refractivity (Wildman–Crippen MR) is 188 cm³/mol. The molecule has 12 nitrogen and oxygen atoms in total. The number of rotatable bonds is 8. The molecule has 14 heteroatoms. The summed E-state index contributed by atoms with van der Waals surface area (Å²) in [6.07, 6.45) is -0.408. The maximum atomic E-state index is 12.4. The summed E-state index contributed by atoms with van der Waals surface area (Å²) < 4.78 is 25.0. The van der Waals surface area contributed by atoms with Gasteiger partial charge in [-0.1, -0.05) is 40.5 Å². The molecular formula is C36H48O12S2. The number of aliphatic hydroxyl groups is 4. The zero-order valence-corrected chi connectivity index (χ0v) is 30.0. The van der Waals surface area contributed by atoms with Crippen molar-refractivity contribution in [3.05, 3.63) is 34.9 Å². The van der Waals surface area contributed by atoms with Crippen molar-refractivity contribution in [3.63, 3.8) is 0 Å². The molecule has 1 aliphatic carbocycles. The SMILES string of the molecule is CC(=O)c1c(C)cc2cc(C(=O)O)cc(O[C@@H]3O[C@H](CO)[C@]4(CC[C@@H]5CCC[C@H]6COC[C@](CCCO)(CSSCO4)[C@@H]56)[C@H](O)[C@H]3O)c2c1O. The lowest BCUT2D eigenvalue weighted by Crippen LogP contribution is -2.69. The van der Waals surface area contributed by atoms with E-state index < -0.39 is 54.3 Å². The normalized spacial score (nSPS) is 34.9. The van der Waals surface area contributed by atoms with E-state index in [-0.39, 0.29) is 51.5 Å². The van der Waals surface area contributed by atoms with Crippen LogP contribution in [0.15, 0.2) is 18.2 Å². The van der Waals surface area contributed by atoms with Crippen LogP contribution in [0.2, 0.25) is 0 Å². The monoisotopic (exact) mass is 736 g/mol. The summed E-state index contributed by atoms with van der Waals surface area (Å²) in [5, 5.41) is 65.5. The third-order valence-electron chi connectivity index (χ3n) is 11.5. The molecule has 0 aromatic heterocycles. The fourth-order valence-corrected chi connectivity index (χ4v) is 11.6. The second-order valence-electron chi connectivity index (χ2n) is 14.4. The number of aromatic carboxylic acids is 1. The molecule has 276 valence electrons. The van der Waals surface area contributed by atoms with Gasteiger partial charge in [-0.3, -0.25) is 4.79 Å². The van der Waals surface area contributed by atoms with Gasteiger partial charge in [-0.15, -0.1) is 0 Å². The van der Waals surface area contributed by atoms with Gasteiger partial charge in [-0.2, -0.15) is 0 Å². The van der Waals surface area contributed by atoms with Crippen molar-refractivity contribution in [1.29, 1.82) is 0 Å². The maximum absolute atomic E-state index is 12.4. The summed E-state index contributed by atoms with van der Waals surface area (Å²) in [6.45, 7) is 3.81. The first-order valence-electron chi connectivity index (χ1n) is 17.4. The Hall–Kier alpha value is -2.14. The summed E-state index contributed by atoms with van der Waals surface area (Å²) in [7, 11) is 3.15. The largest absolute Gasteiger partial charge is 0.506 e. The third-order valence-corrected chi connectivity index (χ3v) is 13.7. The number of benzene rings is 2. The van der Waals surface area contributed by atoms with Crippen LogP contribution in [0.1, 0.15) is 78.1 Å². The van der Waals surface area contributed by atoms with E-state index >= 15 is 0 Å². The van der Waals surface area contributed by atoms with E-state index in [0.29, 0.717) is 49.9 Å². The molecule has 2 aromatic carbocycles. The number of carbonyl (C=O) groups excluding carboxylic acids is 1. The van der Waals surface area contributed by atoms with Gasteiger partial charge in [-0.05, 0) is 86.8 Å². The Morgan fingerprint density at radius 1 is 1.08 bits per heavy atom. The number of Topliss-reactive ketones (excluding diaryl/α,β-unsaturated/α-hetero) is 1. The van der Waals surface area contributed by atoms with Crippen LogP contribution in [0, 0.1) is 30.1 Å². The van der Waals surface area contributed by atoms with Gasteiger partial charge in [0, 0.05) is 24.4 Å². The summed E-state index contributed by atoms with van der Waals surface area (Å²) in [5.41, 5.74) is -1.29. The molecule has 3 aliphatic heterocycles. The van der Waals surface area contributed by atoms with E-state index in [9.17, 15) is 40.2 Å². The molecule has 1 spiro atoms. The molecular weight excluding hydrogens is 689 g/mol. The Labute approximate surface area is 299 Å². The Kier molecular flexibility index (Phi) is 11.6. The van der Waals surface area contributed by atoms with Crippen molar-refractivity contribution in [2.45, 2.75) is 89.0 Å². The van der Waals surface area contributed by atoms with Crippen LogP contribution in [-0.4, -0.2) is 111 Å². The van der Waals surface area contributed by atoms with Gasteiger partial charge < -0.3 is 49.6 Å². The van der Waals surface area contributed by atoms with Crippen molar-refractivity contribution in [2.24, 2.45) is 23.2 Å². The van der Waals surface area contributed by atoms with E-state index in [1.807, 2.05) is 0 Å². The minimum Gasteiger partial charge on any atom is -0.506 e. The number of fused-ring (bicyclic) bond motifs is 1. The molecule has 0 amide bonds. The summed E-state index contributed by atoms with van der Waals surface area (Å²) in [5.74, 6) is -0.284. The van der Waals surface area contributed by atoms with E-state index in [0.717, 1.165) is 37.5 Å². The van der Waals surface area contributed by atoms with Crippen LogP contribution < -0.4 is 4.74 Å². The summed E-state index contributed by atoms with van der Waals surface area (Å²) in [4.78, 5) is 24.5. The number of carboxylic acid groups (broad SMARTS) is 1. The van der Waals surface area contributed by atoms with Gasteiger partial charge in [0.05, 0.1) is 29.7 Å². The highest BCUT2D eigenvalue weighted by Gasteiger charge is 2.59. The summed E-state index contributed by atoms with van der Waals surface area (Å²) >= 11 is 0. The van der Waals surface area contributed by atoms with Crippen molar-refractivity contribution < 1.29 is 59.2 Å². The number of hydrogen-bond donors (Lipinski definition) is 6. The highest BCUT2D eigenvalue weighted by Crippen LogP contribution is 2.56. The van der Waals surface area contributed by atoms with E-state index in [2.05, 4.69) is 0 Å². The zero-order valence-electron chi connectivity index (χ0n) is 28.4. The summed E-state index contributed by atoms with van der Waals surface area (Å²) in [6, 6.07) is 4.08. The molecule has 4 fully saturated rings. The number of phenolic OH excluding ortho intramolecular Hbond substituents is 1. The Bertz CT molecular complexity index is 1570. The van der Waals surface area contributed by atoms with Gasteiger partial charge >= 0.3 is 5.97 Å². The number of aliphatic hydroxyl groups excluding tert-OH is 4. The predicted octanol–water partition coefficient (Wildman–Crippen LogP) is 4.28. The number of hydrogen-bond acceptors (Lipinski definition) is 13. The molecule has 50 heavy (non-hydrogen) atoms. The van der Waals surface area contributed by atoms with E-state index in [1.165, 1.54) is 23.8 Å². The minimum absolute atomic E-state index is 0.0406. The third kappa shape index (κ3) is 6.88. The number of aryl methyl sites for hydroxylation is 1. The Balaban J connectivity index is 1.33. The number of aromatic hydroxyl groups is 1. The quantitative estimate of drug-likeness (QED) is 0.166. The zero-order chi connectivity index (χ0) is 35.8. The molecule has 9 atom stereocenters. The number of carboxylic acids is 1. The molecule has 3 heterocycles. The van der Waals surface area contributed by atoms with E-state index in [1.54, 1.807) is 23.8 Å². The highest BCUT2D eigenvalue weighted by atomic mass is 33.1. The lowest BCUT2D eigenvalue weighted by Gasteiger charge is -2.54. The molecule has 0 radical (unpaired) electrons. The lowest BCUT2D eigenvalue weighted by atomic mass is 9.56. The molecule has 6 rings (SSSR count). The first-order chi connectivity index (χ1) is 24.0. The number of ketones is 1. The molecule has 3 saturated heterocycles. The Morgan fingerprint density at radius 3 is 2.58 bits per heavy atom. The van der Waals surface area contributed by atoms with E-state index in [4.69, 9.17) is 18.9 Å². The van der Waals surface area contributed by atoms with Gasteiger partial charge in [0.25, 0.3) is 0 Å². The van der Waals surface area contributed by atoms with Gasteiger partial charge in [-0.25, -0.2) is 4.79 Å². The number of ether oxygens (including phenoxy) is 4. The molecule has 0 unspecified atom stereocenters. The average Bonchev–Trinajstić information content (AvgIpc) is 3.11. The standard InChI is InChI=1S/C36H48O12S2/c1-19-11-23-12-24(33(43)44)13-25(28(23)30(40)27(19)20(2)39)47-34-31(41)32(42)36(26(14-38)48-34)9-7-21-5-3-6-22-15-45-16-35(29(21)22,8-4-10-37)17-49-50-18-46-36/h11-13,21-22,26,29,31-32,34,37-38,40-42H,3-10,14-18H2,1-2H3,(H,43,44)/t21-,22-,26+,29-,31+,32+,34+,35+,36+/m0/s1. The highest BCUT2D eigenvalue weighted by molar-refractivity contribution is 8.76. The second-order valence-corrected chi connectivity index (χ2v) is 16.8. The lowest BCUT2D eigenvalue weighted by molar-refractivity contribution is -0.323. The first kappa shape index (κ1) is 37.6. The average molecular weight is 737 g/mol. The maximum Gasteiger partial charge on any atom is 0.335 e. The van der Waals surface area contributed by atoms with Crippen molar-refractivity contribution >= 4 is 44.1 Å². The second kappa shape index (κ2) is 15.5. The number of carbonyl (C=O) groups is 2. The molecule has 2 aromatic rings. The van der Waals surface area contributed by atoms with Crippen LogP contribution in [0.3, 0.4) is 0 Å². The van der Waals surface area contributed by atoms with Gasteiger partial charge in [0.2, 0.25) is 6.29 Å². The fourth-order valence-electron chi connectivity index (χ4n) is 9.27.